The van der Waals surface area contributed by atoms with Crippen LogP contribution in [0, 0.1) is 6.92 Å². The van der Waals surface area contributed by atoms with Crippen molar-refractivity contribution < 1.29 is 0 Å². The second-order valence-electron chi connectivity index (χ2n) is 5.10. The Hall–Kier alpha value is -2.01. The Morgan fingerprint density at radius 2 is 2.15 bits per heavy atom. The number of hydrogen-bond donors (Lipinski definition) is 2. The molecule has 1 atom stereocenters. The summed E-state index contributed by atoms with van der Waals surface area (Å²) < 4.78 is 0. The number of nitrogens with one attached hydrogen (secondary N) is 2. The van der Waals surface area contributed by atoms with E-state index in [9.17, 15) is 0 Å². The van der Waals surface area contributed by atoms with E-state index in [0.717, 1.165) is 36.1 Å². The highest BCUT2D eigenvalue weighted by molar-refractivity contribution is 5.51. The van der Waals surface area contributed by atoms with Crippen LogP contribution in [-0.4, -0.2) is 21.5 Å². The summed E-state index contributed by atoms with van der Waals surface area (Å²) in [5.74, 6) is 2.48. The fraction of sp³-hybridized carbons (Fsp3) is 0.400. The van der Waals surface area contributed by atoms with Crippen molar-refractivity contribution in [2.24, 2.45) is 0 Å². The van der Waals surface area contributed by atoms with Gasteiger partial charge in [0, 0.05) is 18.0 Å². The van der Waals surface area contributed by atoms with Crippen molar-refractivity contribution in [3.8, 4) is 0 Å². The number of anilines is 2. The van der Waals surface area contributed by atoms with E-state index in [1.54, 1.807) is 6.20 Å². The summed E-state index contributed by atoms with van der Waals surface area (Å²) in [6.07, 6.45) is 5.34. The molecule has 0 unspecified atom stereocenters. The molecule has 2 N–H and O–H groups in total. The Balaban J connectivity index is 1.82. The predicted octanol–water partition coefficient (Wildman–Crippen LogP) is 2.74. The van der Waals surface area contributed by atoms with Crippen LogP contribution in [-0.2, 0) is 0 Å². The maximum Gasteiger partial charge on any atom is 0.147 e. The van der Waals surface area contributed by atoms with E-state index in [2.05, 4.69) is 25.6 Å². The summed E-state index contributed by atoms with van der Waals surface area (Å²) in [6.45, 7) is 3.04. The summed E-state index contributed by atoms with van der Waals surface area (Å²) in [7, 11) is 0. The molecule has 3 rings (SSSR count). The highest BCUT2D eigenvalue weighted by Crippen LogP contribution is 2.22. The van der Waals surface area contributed by atoms with Crippen LogP contribution < -0.4 is 10.6 Å². The lowest BCUT2D eigenvalue weighted by Gasteiger charge is -2.22. The van der Waals surface area contributed by atoms with Crippen LogP contribution in [0.5, 0.6) is 0 Å². The standard InChI is InChI=1S/C15H19N5/c1-11-10-14(19-13-7-3-5-9-17-13)20-15(18-11)12-6-2-4-8-16-12/h3,5,7,9-10,12,16H,2,4,6,8H2,1H3,(H,17,18,19,20)/t12-/m1/s1. The van der Waals surface area contributed by atoms with E-state index in [1.807, 2.05) is 31.2 Å². The zero-order valence-corrected chi connectivity index (χ0v) is 11.6. The third-order valence-electron chi connectivity index (χ3n) is 3.41. The zero-order valence-electron chi connectivity index (χ0n) is 11.6. The quantitative estimate of drug-likeness (QED) is 0.897. The number of nitrogens with zero attached hydrogens (tertiary/aromatic N) is 3. The third kappa shape index (κ3) is 3.11. The molecule has 1 fully saturated rings. The molecule has 1 aliphatic heterocycles. The second-order valence-corrected chi connectivity index (χ2v) is 5.10. The van der Waals surface area contributed by atoms with Crippen molar-refractivity contribution >= 4 is 11.6 Å². The number of piperidine rings is 1. The van der Waals surface area contributed by atoms with Crippen LogP contribution in [0.15, 0.2) is 30.5 Å². The van der Waals surface area contributed by atoms with E-state index in [1.165, 1.54) is 12.8 Å². The molecule has 1 saturated heterocycles. The minimum Gasteiger partial charge on any atom is -0.325 e. The molecule has 0 aromatic carbocycles. The Bertz CT molecular complexity index is 564. The largest absolute Gasteiger partial charge is 0.325 e. The van der Waals surface area contributed by atoms with E-state index >= 15 is 0 Å². The minimum absolute atomic E-state index is 0.271. The molecule has 0 aliphatic carbocycles. The maximum atomic E-state index is 4.63. The molecule has 3 heterocycles. The topological polar surface area (TPSA) is 62.7 Å². The Morgan fingerprint density at radius 1 is 1.20 bits per heavy atom. The molecule has 20 heavy (non-hydrogen) atoms. The van der Waals surface area contributed by atoms with Gasteiger partial charge in [-0.2, -0.15) is 0 Å². The summed E-state index contributed by atoms with van der Waals surface area (Å²) in [4.78, 5) is 13.5. The summed E-state index contributed by atoms with van der Waals surface area (Å²) in [5, 5.41) is 6.72. The van der Waals surface area contributed by atoms with E-state index < -0.39 is 0 Å². The fourth-order valence-corrected chi connectivity index (χ4v) is 2.45. The van der Waals surface area contributed by atoms with E-state index in [0.29, 0.717) is 0 Å². The van der Waals surface area contributed by atoms with E-state index in [-0.39, 0.29) is 6.04 Å². The number of aromatic nitrogens is 3. The highest BCUT2D eigenvalue weighted by atomic mass is 15.1. The van der Waals surface area contributed by atoms with Crippen molar-refractivity contribution in [2.75, 3.05) is 11.9 Å². The minimum atomic E-state index is 0.271. The summed E-state index contributed by atoms with van der Waals surface area (Å²) in [6, 6.07) is 7.99. The molecule has 0 radical (unpaired) electrons. The average Bonchev–Trinajstić information content (AvgIpc) is 2.49. The molecule has 0 amide bonds. The lowest BCUT2D eigenvalue weighted by Crippen LogP contribution is -2.28. The molecule has 5 heteroatoms. The van der Waals surface area contributed by atoms with Gasteiger partial charge in [0.15, 0.2) is 0 Å². The lowest BCUT2D eigenvalue weighted by molar-refractivity contribution is 0.397. The summed E-state index contributed by atoms with van der Waals surface area (Å²) in [5.41, 5.74) is 0.973. The molecule has 5 nitrogen and oxygen atoms in total. The first-order chi connectivity index (χ1) is 9.81. The van der Waals surface area contributed by atoms with Crippen LogP contribution in [0.4, 0.5) is 11.6 Å². The zero-order chi connectivity index (χ0) is 13.8. The van der Waals surface area contributed by atoms with Gasteiger partial charge in [-0.1, -0.05) is 12.5 Å². The van der Waals surface area contributed by atoms with Crippen LogP contribution in [0.25, 0.3) is 0 Å². The molecule has 0 saturated carbocycles. The lowest BCUT2D eigenvalue weighted by atomic mass is 10.0. The van der Waals surface area contributed by atoms with E-state index in [4.69, 9.17) is 0 Å². The van der Waals surface area contributed by atoms with Crippen LogP contribution in [0.1, 0.15) is 36.8 Å². The average molecular weight is 269 g/mol. The van der Waals surface area contributed by atoms with Gasteiger partial charge in [0.05, 0.1) is 6.04 Å². The summed E-state index contributed by atoms with van der Waals surface area (Å²) >= 11 is 0. The molecule has 2 aromatic heterocycles. The van der Waals surface area contributed by atoms with Crippen molar-refractivity contribution in [3.63, 3.8) is 0 Å². The number of pyridine rings is 1. The number of rotatable bonds is 3. The van der Waals surface area contributed by atoms with Gasteiger partial charge in [-0.25, -0.2) is 15.0 Å². The van der Waals surface area contributed by atoms with Crippen LogP contribution in [0.3, 0.4) is 0 Å². The fourth-order valence-electron chi connectivity index (χ4n) is 2.45. The van der Waals surface area contributed by atoms with Gasteiger partial charge in [0.25, 0.3) is 0 Å². The molecule has 104 valence electrons. The first-order valence-corrected chi connectivity index (χ1v) is 7.08. The van der Waals surface area contributed by atoms with Gasteiger partial charge >= 0.3 is 0 Å². The molecule has 1 aliphatic rings. The van der Waals surface area contributed by atoms with Gasteiger partial charge in [-0.3, -0.25) is 0 Å². The van der Waals surface area contributed by atoms with Gasteiger partial charge in [-0.05, 0) is 38.4 Å². The van der Waals surface area contributed by atoms with Crippen molar-refractivity contribution in [3.05, 3.63) is 42.0 Å². The highest BCUT2D eigenvalue weighted by Gasteiger charge is 2.18. The predicted molar refractivity (Wildman–Crippen MR) is 78.9 cm³/mol. The Labute approximate surface area is 118 Å². The van der Waals surface area contributed by atoms with Crippen molar-refractivity contribution in [2.45, 2.75) is 32.2 Å². The van der Waals surface area contributed by atoms with Crippen molar-refractivity contribution in [1.82, 2.24) is 20.3 Å². The van der Waals surface area contributed by atoms with Gasteiger partial charge in [0.1, 0.15) is 17.5 Å². The Morgan fingerprint density at radius 3 is 2.90 bits per heavy atom. The van der Waals surface area contributed by atoms with Crippen LogP contribution >= 0.6 is 0 Å². The smallest absolute Gasteiger partial charge is 0.147 e. The third-order valence-corrected chi connectivity index (χ3v) is 3.41. The normalized spacial score (nSPS) is 18.8. The monoisotopic (exact) mass is 269 g/mol. The Kier molecular flexibility index (Phi) is 3.87. The number of hydrogen-bond acceptors (Lipinski definition) is 5. The molecular formula is C15H19N5. The van der Waals surface area contributed by atoms with Crippen LogP contribution in [0.2, 0.25) is 0 Å². The molecular weight excluding hydrogens is 250 g/mol. The molecule has 0 bridgehead atoms. The SMILES string of the molecule is Cc1cc(Nc2ccccn2)nc([C@H]2CCCCN2)n1. The van der Waals surface area contributed by atoms with Gasteiger partial charge in [0.2, 0.25) is 0 Å². The second kappa shape index (κ2) is 5.96. The molecule has 0 spiro atoms. The van der Waals surface area contributed by atoms with Gasteiger partial charge in [-0.15, -0.1) is 0 Å². The van der Waals surface area contributed by atoms with Crippen molar-refractivity contribution in [1.29, 1.82) is 0 Å². The number of aryl methyl sites for hydroxylation is 1. The maximum absolute atomic E-state index is 4.63. The first-order valence-electron chi connectivity index (χ1n) is 7.08. The molecule has 2 aromatic rings. The van der Waals surface area contributed by atoms with Gasteiger partial charge < -0.3 is 10.6 Å². The first kappa shape index (κ1) is 13.0.